The molecule has 0 atom stereocenters. The quantitative estimate of drug-likeness (QED) is 0.438. The van der Waals surface area contributed by atoms with E-state index in [0.29, 0.717) is 0 Å². The molecule has 0 spiro atoms. The van der Waals surface area contributed by atoms with Crippen molar-refractivity contribution in [3.63, 3.8) is 0 Å². The minimum absolute atomic E-state index is 1.06. The highest BCUT2D eigenvalue weighted by molar-refractivity contribution is 4.70. The molecule has 1 N–H and O–H groups in total. The highest BCUT2D eigenvalue weighted by atomic mass is 14.8. The zero-order valence-electron chi connectivity index (χ0n) is 9.43. The van der Waals surface area contributed by atoms with Gasteiger partial charge >= 0.3 is 0 Å². The molecule has 0 aromatic carbocycles. The molecule has 1 saturated carbocycles. The Balaban J connectivity index is 1.69. The Morgan fingerprint density at radius 3 is 2.64 bits per heavy atom. The summed E-state index contributed by atoms with van der Waals surface area (Å²) in [6.45, 7) is 6.18. The number of rotatable bonds is 9. The van der Waals surface area contributed by atoms with Crippen LogP contribution in [0.2, 0.25) is 0 Å². The van der Waals surface area contributed by atoms with E-state index in [9.17, 15) is 0 Å². The highest BCUT2D eigenvalue weighted by Crippen LogP contribution is 2.28. The van der Waals surface area contributed by atoms with Crippen molar-refractivity contribution in [2.75, 3.05) is 13.1 Å². The molecule has 0 aromatic rings. The summed E-state index contributed by atoms with van der Waals surface area (Å²) in [6, 6.07) is 0. The van der Waals surface area contributed by atoms with Gasteiger partial charge in [0.15, 0.2) is 0 Å². The molecule has 0 amide bonds. The summed E-state index contributed by atoms with van der Waals surface area (Å²) >= 11 is 0. The molecule has 0 unspecified atom stereocenters. The summed E-state index contributed by atoms with van der Waals surface area (Å²) in [5, 5.41) is 3.54. The maximum absolute atomic E-state index is 3.73. The Bertz CT molecular complexity index is 138. The van der Waals surface area contributed by atoms with Crippen molar-refractivity contribution in [2.45, 2.75) is 51.4 Å². The van der Waals surface area contributed by atoms with Crippen LogP contribution in [0.3, 0.4) is 0 Å². The fraction of sp³-hybridized carbons (Fsp3) is 0.846. The first kappa shape index (κ1) is 11.8. The molecule has 14 heavy (non-hydrogen) atoms. The third-order valence-corrected chi connectivity index (χ3v) is 3.22. The number of unbranched alkanes of at least 4 members (excludes halogenated alkanes) is 3. The summed E-state index contributed by atoms with van der Waals surface area (Å²) in [5.74, 6) is 1.06. The zero-order valence-corrected chi connectivity index (χ0v) is 9.43. The lowest BCUT2D eigenvalue weighted by Gasteiger charge is -2.25. The Kier molecular flexibility index (Phi) is 6.77. The van der Waals surface area contributed by atoms with Crippen LogP contribution in [0.4, 0.5) is 0 Å². The van der Waals surface area contributed by atoms with Crippen LogP contribution in [-0.4, -0.2) is 13.1 Å². The molecule has 1 fully saturated rings. The molecular formula is C13H25N. The number of hydrogen-bond acceptors (Lipinski definition) is 1. The normalized spacial score (nSPS) is 16.6. The van der Waals surface area contributed by atoms with Crippen molar-refractivity contribution >= 4 is 0 Å². The third kappa shape index (κ3) is 5.43. The van der Waals surface area contributed by atoms with Crippen molar-refractivity contribution < 1.29 is 0 Å². The monoisotopic (exact) mass is 195 g/mol. The summed E-state index contributed by atoms with van der Waals surface area (Å²) < 4.78 is 0. The van der Waals surface area contributed by atoms with Crippen LogP contribution >= 0.6 is 0 Å². The number of nitrogens with one attached hydrogen (secondary N) is 1. The fourth-order valence-electron chi connectivity index (χ4n) is 1.93. The van der Waals surface area contributed by atoms with Crippen LogP contribution in [0.15, 0.2) is 12.7 Å². The molecule has 1 aliphatic rings. The van der Waals surface area contributed by atoms with E-state index in [-0.39, 0.29) is 0 Å². The largest absolute Gasteiger partial charge is 0.317 e. The second-order valence-corrected chi connectivity index (χ2v) is 4.47. The van der Waals surface area contributed by atoms with E-state index < -0.39 is 0 Å². The van der Waals surface area contributed by atoms with Crippen LogP contribution in [0.25, 0.3) is 0 Å². The first-order valence-electron chi connectivity index (χ1n) is 6.25. The first-order valence-corrected chi connectivity index (χ1v) is 6.25. The van der Waals surface area contributed by atoms with Gasteiger partial charge in [0.25, 0.3) is 0 Å². The second kappa shape index (κ2) is 8.05. The highest BCUT2D eigenvalue weighted by Gasteiger charge is 2.15. The molecule has 1 rings (SSSR count). The lowest BCUT2D eigenvalue weighted by Crippen LogP contribution is -2.22. The number of hydrogen-bond donors (Lipinski definition) is 1. The molecule has 82 valence electrons. The molecule has 0 aliphatic heterocycles. The van der Waals surface area contributed by atoms with Gasteiger partial charge in [-0.3, -0.25) is 0 Å². The molecule has 0 saturated heterocycles. The van der Waals surface area contributed by atoms with Gasteiger partial charge < -0.3 is 5.32 Å². The van der Waals surface area contributed by atoms with E-state index in [1.165, 1.54) is 64.5 Å². The van der Waals surface area contributed by atoms with Gasteiger partial charge in [0.2, 0.25) is 0 Å². The Labute approximate surface area is 89.0 Å². The number of allylic oxidation sites excluding steroid dienone is 1. The summed E-state index contributed by atoms with van der Waals surface area (Å²) in [4.78, 5) is 0. The molecule has 0 bridgehead atoms. The van der Waals surface area contributed by atoms with Gasteiger partial charge in [0, 0.05) is 0 Å². The van der Waals surface area contributed by atoms with Gasteiger partial charge in [-0.15, -0.1) is 6.58 Å². The van der Waals surface area contributed by atoms with Crippen molar-refractivity contribution in [2.24, 2.45) is 5.92 Å². The van der Waals surface area contributed by atoms with Crippen LogP contribution in [0.5, 0.6) is 0 Å². The van der Waals surface area contributed by atoms with E-state index >= 15 is 0 Å². The fourth-order valence-corrected chi connectivity index (χ4v) is 1.93. The van der Waals surface area contributed by atoms with E-state index in [1.54, 1.807) is 0 Å². The lowest BCUT2D eigenvalue weighted by molar-refractivity contribution is 0.292. The van der Waals surface area contributed by atoms with Gasteiger partial charge in [-0.25, -0.2) is 0 Å². The predicted octanol–water partition coefficient (Wildman–Crippen LogP) is 3.51. The first-order chi connectivity index (χ1) is 6.93. The summed E-state index contributed by atoms with van der Waals surface area (Å²) in [5.41, 5.74) is 0. The van der Waals surface area contributed by atoms with Crippen LogP contribution < -0.4 is 5.32 Å². The van der Waals surface area contributed by atoms with Crippen molar-refractivity contribution in [1.82, 2.24) is 5.32 Å². The van der Waals surface area contributed by atoms with Crippen molar-refractivity contribution in [1.29, 1.82) is 0 Å². The van der Waals surface area contributed by atoms with E-state index in [4.69, 9.17) is 0 Å². The van der Waals surface area contributed by atoms with E-state index in [1.807, 2.05) is 6.08 Å². The second-order valence-electron chi connectivity index (χ2n) is 4.47. The molecule has 0 radical (unpaired) electrons. The van der Waals surface area contributed by atoms with E-state index in [2.05, 4.69) is 11.9 Å². The van der Waals surface area contributed by atoms with Gasteiger partial charge in [-0.2, -0.15) is 0 Å². The Hall–Kier alpha value is -0.300. The van der Waals surface area contributed by atoms with Gasteiger partial charge in [-0.05, 0) is 44.7 Å². The molecule has 1 heteroatoms. The average Bonchev–Trinajstić information content (AvgIpc) is 2.13. The summed E-state index contributed by atoms with van der Waals surface area (Å²) in [6.07, 6.45) is 13.1. The SMILES string of the molecule is C=CCCCCCNCCC1CCC1. The Morgan fingerprint density at radius 1 is 1.14 bits per heavy atom. The molecule has 1 nitrogen and oxygen atoms in total. The third-order valence-electron chi connectivity index (χ3n) is 3.22. The molecule has 1 aliphatic carbocycles. The smallest absolute Gasteiger partial charge is 0.00463 e. The zero-order chi connectivity index (χ0) is 10.1. The van der Waals surface area contributed by atoms with Crippen LogP contribution in [0, 0.1) is 5.92 Å². The molecular weight excluding hydrogens is 170 g/mol. The topological polar surface area (TPSA) is 12.0 Å². The van der Waals surface area contributed by atoms with Gasteiger partial charge in [-0.1, -0.05) is 31.8 Å². The van der Waals surface area contributed by atoms with Crippen LogP contribution in [-0.2, 0) is 0 Å². The molecule has 0 heterocycles. The summed E-state index contributed by atoms with van der Waals surface area (Å²) in [7, 11) is 0. The van der Waals surface area contributed by atoms with Gasteiger partial charge in [0.05, 0.1) is 0 Å². The van der Waals surface area contributed by atoms with Crippen molar-refractivity contribution in [3.05, 3.63) is 12.7 Å². The molecule has 0 aromatic heterocycles. The Morgan fingerprint density at radius 2 is 2.00 bits per heavy atom. The standard InChI is InChI=1S/C13H25N/c1-2-3-4-5-6-11-14-12-10-13-8-7-9-13/h2,13-14H,1,3-12H2. The average molecular weight is 195 g/mol. The lowest BCUT2D eigenvalue weighted by atomic mass is 9.83. The minimum Gasteiger partial charge on any atom is -0.317 e. The van der Waals surface area contributed by atoms with E-state index in [0.717, 1.165) is 5.92 Å². The predicted molar refractivity (Wildman–Crippen MR) is 63.5 cm³/mol. The maximum Gasteiger partial charge on any atom is -0.00463 e. The maximum atomic E-state index is 3.73. The van der Waals surface area contributed by atoms with Crippen molar-refractivity contribution in [3.8, 4) is 0 Å². The minimum atomic E-state index is 1.06. The van der Waals surface area contributed by atoms with Crippen LogP contribution in [0.1, 0.15) is 51.4 Å². The van der Waals surface area contributed by atoms with Gasteiger partial charge in [0.1, 0.15) is 0 Å².